The SMILES string of the molecule is CCOC(=O)CCNc1nccc(C)c1C(N)=S. The average Bonchev–Trinajstić information content (AvgIpc) is 2.28. The van der Waals surface area contributed by atoms with Crippen LogP contribution < -0.4 is 11.1 Å². The summed E-state index contributed by atoms with van der Waals surface area (Å²) in [6.45, 7) is 4.51. The van der Waals surface area contributed by atoms with Gasteiger partial charge in [0.05, 0.1) is 18.6 Å². The lowest BCUT2D eigenvalue weighted by molar-refractivity contribution is -0.142. The molecule has 0 amide bonds. The van der Waals surface area contributed by atoms with Gasteiger partial charge in [0.25, 0.3) is 0 Å². The lowest BCUT2D eigenvalue weighted by atomic mass is 10.1. The molecule has 0 bridgehead atoms. The zero-order chi connectivity index (χ0) is 13.5. The van der Waals surface area contributed by atoms with Gasteiger partial charge in [0.1, 0.15) is 10.8 Å². The van der Waals surface area contributed by atoms with Crippen molar-refractivity contribution in [3.8, 4) is 0 Å². The second-order valence-corrected chi connectivity index (χ2v) is 4.14. The van der Waals surface area contributed by atoms with Gasteiger partial charge < -0.3 is 15.8 Å². The standard InChI is InChI=1S/C12H17N3O2S/c1-3-17-9(16)5-7-15-12-10(11(13)18)8(2)4-6-14-12/h4,6H,3,5,7H2,1-2H3,(H2,13,18)(H,14,15). The maximum Gasteiger partial charge on any atom is 0.307 e. The third kappa shape index (κ3) is 3.96. The van der Waals surface area contributed by atoms with Crippen LogP contribution >= 0.6 is 12.2 Å². The Labute approximate surface area is 112 Å². The summed E-state index contributed by atoms with van der Waals surface area (Å²) in [5.74, 6) is 0.362. The molecule has 0 aliphatic heterocycles. The van der Waals surface area contributed by atoms with E-state index in [9.17, 15) is 4.79 Å². The van der Waals surface area contributed by atoms with Gasteiger partial charge >= 0.3 is 5.97 Å². The van der Waals surface area contributed by atoms with Crippen molar-refractivity contribution in [1.29, 1.82) is 0 Å². The first-order valence-electron chi connectivity index (χ1n) is 5.71. The molecule has 5 nitrogen and oxygen atoms in total. The van der Waals surface area contributed by atoms with Crippen molar-refractivity contribution >= 4 is 29.0 Å². The minimum Gasteiger partial charge on any atom is -0.466 e. The molecule has 0 radical (unpaired) electrons. The van der Waals surface area contributed by atoms with E-state index in [1.165, 1.54) is 0 Å². The molecule has 0 saturated heterocycles. The van der Waals surface area contributed by atoms with E-state index in [2.05, 4.69) is 10.3 Å². The molecule has 18 heavy (non-hydrogen) atoms. The minimum atomic E-state index is -0.241. The van der Waals surface area contributed by atoms with Crippen molar-refractivity contribution < 1.29 is 9.53 Å². The van der Waals surface area contributed by atoms with Crippen molar-refractivity contribution in [3.05, 3.63) is 23.4 Å². The zero-order valence-electron chi connectivity index (χ0n) is 10.5. The highest BCUT2D eigenvalue weighted by Crippen LogP contribution is 2.16. The Hall–Kier alpha value is -1.69. The molecule has 6 heteroatoms. The number of hydrogen-bond donors (Lipinski definition) is 2. The number of nitrogens with one attached hydrogen (secondary N) is 1. The summed E-state index contributed by atoms with van der Waals surface area (Å²) in [5.41, 5.74) is 7.33. The lowest BCUT2D eigenvalue weighted by Gasteiger charge is -2.11. The van der Waals surface area contributed by atoms with Crippen molar-refractivity contribution in [2.45, 2.75) is 20.3 Å². The van der Waals surface area contributed by atoms with Crippen LogP contribution in [0.3, 0.4) is 0 Å². The maximum absolute atomic E-state index is 11.2. The Morgan fingerprint density at radius 2 is 2.33 bits per heavy atom. The van der Waals surface area contributed by atoms with Crippen LogP contribution in [0.5, 0.6) is 0 Å². The van der Waals surface area contributed by atoms with Gasteiger partial charge in [-0.05, 0) is 25.5 Å². The number of ether oxygens (including phenoxy) is 1. The molecule has 1 rings (SSSR count). The van der Waals surface area contributed by atoms with Crippen LogP contribution in [0.2, 0.25) is 0 Å². The van der Waals surface area contributed by atoms with E-state index in [0.717, 1.165) is 11.1 Å². The van der Waals surface area contributed by atoms with Crippen molar-refractivity contribution in [3.63, 3.8) is 0 Å². The molecular weight excluding hydrogens is 250 g/mol. The van der Waals surface area contributed by atoms with Crippen molar-refractivity contribution in [1.82, 2.24) is 4.98 Å². The second-order valence-electron chi connectivity index (χ2n) is 3.70. The van der Waals surface area contributed by atoms with Crippen LogP contribution in [0.1, 0.15) is 24.5 Å². The number of aryl methyl sites for hydroxylation is 1. The molecule has 0 aliphatic carbocycles. The highest BCUT2D eigenvalue weighted by Gasteiger charge is 2.10. The topological polar surface area (TPSA) is 77.2 Å². The first-order chi connectivity index (χ1) is 8.56. The molecule has 1 heterocycles. The van der Waals surface area contributed by atoms with E-state index in [1.807, 2.05) is 13.0 Å². The third-order valence-corrected chi connectivity index (χ3v) is 2.54. The summed E-state index contributed by atoms with van der Waals surface area (Å²) in [6.07, 6.45) is 1.95. The fourth-order valence-electron chi connectivity index (χ4n) is 1.52. The average molecular weight is 267 g/mol. The molecule has 0 saturated carbocycles. The number of anilines is 1. The number of nitrogens with two attached hydrogens (primary N) is 1. The van der Waals surface area contributed by atoms with Crippen LogP contribution in [0.15, 0.2) is 12.3 Å². The van der Waals surface area contributed by atoms with Crippen LogP contribution in [0.4, 0.5) is 5.82 Å². The van der Waals surface area contributed by atoms with Gasteiger partial charge in [0.15, 0.2) is 0 Å². The van der Waals surface area contributed by atoms with Gasteiger partial charge in [0.2, 0.25) is 0 Å². The van der Waals surface area contributed by atoms with E-state index in [1.54, 1.807) is 13.1 Å². The summed E-state index contributed by atoms with van der Waals surface area (Å²) in [6, 6.07) is 1.84. The number of nitrogens with zero attached hydrogens (tertiary/aromatic N) is 1. The number of aromatic nitrogens is 1. The Morgan fingerprint density at radius 3 is 2.94 bits per heavy atom. The van der Waals surface area contributed by atoms with Crippen molar-refractivity contribution in [2.75, 3.05) is 18.5 Å². The monoisotopic (exact) mass is 267 g/mol. The quantitative estimate of drug-likeness (QED) is 0.599. The summed E-state index contributed by atoms with van der Waals surface area (Å²) in [7, 11) is 0. The van der Waals surface area contributed by atoms with Crippen LogP contribution in [-0.2, 0) is 9.53 Å². The third-order valence-electron chi connectivity index (χ3n) is 2.33. The van der Waals surface area contributed by atoms with Crippen LogP contribution in [-0.4, -0.2) is 29.1 Å². The Balaban J connectivity index is 2.65. The van der Waals surface area contributed by atoms with Gasteiger partial charge in [0, 0.05) is 12.7 Å². The molecule has 0 atom stereocenters. The molecule has 1 aromatic heterocycles. The predicted molar refractivity (Wildman–Crippen MR) is 74.6 cm³/mol. The molecule has 0 spiro atoms. The molecule has 0 fully saturated rings. The number of esters is 1. The molecular formula is C12H17N3O2S. The van der Waals surface area contributed by atoms with Crippen LogP contribution in [0.25, 0.3) is 0 Å². The van der Waals surface area contributed by atoms with Crippen molar-refractivity contribution in [2.24, 2.45) is 5.73 Å². The minimum absolute atomic E-state index is 0.241. The van der Waals surface area contributed by atoms with Gasteiger partial charge in [-0.25, -0.2) is 4.98 Å². The maximum atomic E-state index is 11.2. The summed E-state index contributed by atoms with van der Waals surface area (Å²) < 4.78 is 4.83. The molecule has 0 unspecified atom stereocenters. The highest BCUT2D eigenvalue weighted by molar-refractivity contribution is 7.80. The fourth-order valence-corrected chi connectivity index (χ4v) is 1.78. The van der Waals surface area contributed by atoms with E-state index < -0.39 is 0 Å². The van der Waals surface area contributed by atoms with Gasteiger partial charge in [-0.2, -0.15) is 0 Å². The lowest BCUT2D eigenvalue weighted by Crippen LogP contribution is -2.18. The molecule has 3 N–H and O–H groups in total. The Kier molecular flexibility index (Phi) is 5.51. The van der Waals surface area contributed by atoms with E-state index in [4.69, 9.17) is 22.7 Å². The number of carbonyl (C=O) groups excluding carboxylic acids is 1. The first kappa shape index (κ1) is 14.4. The zero-order valence-corrected chi connectivity index (χ0v) is 11.3. The second kappa shape index (κ2) is 6.90. The summed E-state index contributed by atoms with van der Waals surface area (Å²) in [4.78, 5) is 15.6. The van der Waals surface area contributed by atoms with Gasteiger partial charge in [-0.15, -0.1) is 0 Å². The molecule has 1 aromatic rings. The molecule has 0 aromatic carbocycles. The summed E-state index contributed by atoms with van der Waals surface area (Å²) >= 11 is 4.99. The number of pyridine rings is 1. The van der Waals surface area contributed by atoms with E-state index in [0.29, 0.717) is 24.0 Å². The van der Waals surface area contributed by atoms with E-state index in [-0.39, 0.29) is 12.4 Å². The van der Waals surface area contributed by atoms with Crippen LogP contribution in [0, 0.1) is 6.92 Å². The van der Waals surface area contributed by atoms with E-state index >= 15 is 0 Å². The Morgan fingerprint density at radius 1 is 1.61 bits per heavy atom. The first-order valence-corrected chi connectivity index (χ1v) is 6.12. The summed E-state index contributed by atoms with van der Waals surface area (Å²) in [5, 5.41) is 3.05. The number of hydrogen-bond acceptors (Lipinski definition) is 5. The van der Waals surface area contributed by atoms with Gasteiger partial charge in [-0.1, -0.05) is 12.2 Å². The number of carbonyl (C=O) groups is 1. The number of thiocarbonyl (C=S) groups is 1. The van der Waals surface area contributed by atoms with Gasteiger partial charge in [-0.3, -0.25) is 4.79 Å². The smallest absolute Gasteiger partial charge is 0.307 e. The fraction of sp³-hybridized carbons (Fsp3) is 0.417. The normalized spacial score (nSPS) is 9.89. The predicted octanol–water partition coefficient (Wildman–Crippen LogP) is 1.39. The number of rotatable bonds is 6. The molecule has 98 valence electrons. The largest absolute Gasteiger partial charge is 0.466 e. The molecule has 0 aliphatic rings. The highest BCUT2D eigenvalue weighted by atomic mass is 32.1. The Bertz CT molecular complexity index is 449.